The molecule has 1 saturated heterocycles. The number of nitrogens with zero attached hydrogens (tertiary/aromatic N) is 4. The quantitative estimate of drug-likeness (QED) is 0.726. The Balaban J connectivity index is 1.50. The molecule has 1 atom stereocenters. The first-order valence-corrected chi connectivity index (χ1v) is 8.87. The van der Waals surface area contributed by atoms with Crippen LogP contribution >= 0.6 is 0 Å². The summed E-state index contributed by atoms with van der Waals surface area (Å²) in [6.07, 6.45) is 0. The first-order valence-electron chi connectivity index (χ1n) is 8.87. The number of hydrogen-bond acceptors (Lipinski definition) is 7. The zero-order chi connectivity index (χ0) is 19.2. The highest BCUT2D eigenvalue weighted by Gasteiger charge is 2.26. The molecule has 9 heteroatoms. The Bertz CT molecular complexity index is 771. The Hall–Kier alpha value is -2.78. The van der Waals surface area contributed by atoms with E-state index in [4.69, 9.17) is 9.63 Å². The van der Waals surface area contributed by atoms with Gasteiger partial charge in [0.15, 0.2) is 0 Å². The zero-order valence-corrected chi connectivity index (χ0v) is 15.2. The van der Waals surface area contributed by atoms with E-state index in [0.717, 1.165) is 18.7 Å². The summed E-state index contributed by atoms with van der Waals surface area (Å²) in [5.41, 5.74) is 0.914. The van der Waals surface area contributed by atoms with Gasteiger partial charge < -0.3 is 14.9 Å². The van der Waals surface area contributed by atoms with Gasteiger partial charge in [0.2, 0.25) is 17.6 Å². The van der Waals surface area contributed by atoms with Gasteiger partial charge in [-0.1, -0.05) is 35.5 Å². The first kappa shape index (κ1) is 19.0. The van der Waals surface area contributed by atoms with E-state index in [9.17, 15) is 9.59 Å². The lowest BCUT2D eigenvalue weighted by atomic mass is 10.2. The number of carbonyl (C=O) groups is 2. The van der Waals surface area contributed by atoms with Gasteiger partial charge in [0.1, 0.15) is 6.54 Å². The maximum atomic E-state index is 11.7. The van der Waals surface area contributed by atoms with Gasteiger partial charge in [-0.05, 0) is 6.92 Å². The molecule has 1 aliphatic rings. The summed E-state index contributed by atoms with van der Waals surface area (Å²) >= 11 is 0. The van der Waals surface area contributed by atoms with E-state index in [2.05, 4.69) is 20.4 Å². The lowest BCUT2D eigenvalue weighted by Crippen LogP contribution is -2.50. The molecule has 0 saturated carbocycles. The Morgan fingerprint density at radius 1 is 1.22 bits per heavy atom. The number of aliphatic carboxylic acids is 1. The van der Waals surface area contributed by atoms with Gasteiger partial charge in [0.05, 0.1) is 12.6 Å². The fourth-order valence-electron chi connectivity index (χ4n) is 3.01. The Kier molecular flexibility index (Phi) is 6.15. The largest absolute Gasteiger partial charge is 0.480 e. The summed E-state index contributed by atoms with van der Waals surface area (Å²) in [6, 6.07) is 9.66. The Morgan fingerprint density at radius 2 is 1.93 bits per heavy atom. The highest BCUT2D eigenvalue weighted by molar-refractivity contribution is 5.82. The molecule has 0 bridgehead atoms. The van der Waals surface area contributed by atoms with Crippen molar-refractivity contribution in [3.05, 3.63) is 36.2 Å². The van der Waals surface area contributed by atoms with E-state index in [0.29, 0.717) is 24.8 Å². The summed E-state index contributed by atoms with van der Waals surface area (Å²) in [7, 11) is 0. The molecule has 27 heavy (non-hydrogen) atoms. The van der Waals surface area contributed by atoms with E-state index < -0.39 is 5.97 Å². The minimum atomic E-state index is -1.04. The van der Waals surface area contributed by atoms with Crippen molar-refractivity contribution < 1.29 is 19.2 Å². The van der Waals surface area contributed by atoms with Gasteiger partial charge in [0, 0.05) is 31.7 Å². The number of rotatable bonds is 7. The number of carbonyl (C=O) groups excluding carboxylic acids is 1. The minimum absolute atomic E-state index is 0.0158. The van der Waals surface area contributed by atoms with Crippen molar-refractivity contribution in [2.45, 2.75) is 13.0 Å². The summed E-state index contributed by atoms with van der Waals surface area (Å²) in [5, 5.41) is 15.0. The van der Waals surface area contributed by atoms with Gasteiger partial charge >= 0.3 is 5.97 Å². The lowest BCUT2D eigenvalue weighted by Gasteiger charge is -2.36. The van der Waals surface area contributed by atoms with Crippen LogP contribution in [0.1, 0.15) is 18.9 Å². The number of carboxylic acid groups (broad SMARTS) is 1. The third-order valence-corrected chi connectivity index (χ3v) is 4.59. The van der Waals surface area contributed by atoms with Crippen LogP contribution in [-0.2, 0) is 9.59 Å². The van der Waals surface area contributed by atoms with Crippen LogP contribution in [0.25, 0.3) is 11.4 Å². The van der Waals surface area contributed by atoms with E-state index in [1.807, 2.05) is 42.2 Å². The molecule has 1 aromatic heterocycles. The van der Waals surface area contributed by atoms with E-state index >= 15 is 0 Å². The Labute approximate surface area is 157 Å². The first-order chi connectivity index (χ1) is 13.0. The molecule has 1 fully saturated rings. The predicted octanol–water partition coefficient (Wildman–Crippen LogP) is 0.616. The molecule has 144 valence electrons. The number of carboxylic acids is 1. The molecule has 1 amide bonds. The molecule has 0 aliphatic carbocycles. The van der Waals surface area contributed by atoms with Crippen LogP contribution in [0.4, 0.5) is 0 Å². The van der Waals surface area contributed by atoms with Crippen LogP contribution in [0.3, 0.4) is 0 Å². The number of hydrogen-bond donors (Lipinski definition) is 2. The summed E-state index contributed by atoms with van der Waals surface area (Å²) in [6.45, 7) is 4.82. The van der Waals surface area contributed by atoms with E-state index in [1.54, 1.807) is 0 Å². The molecular formula is C18H23N5O4. The third kappa shape index (κ3) is 5.11. The average molecular weight is 373 g/mol. The lowest BCUT2D eigenvalue weighted by molar-refractivity contribution is -0.138. The molecule has 0 radical (unpaired) electrons. The van der Waals surface area contributed by atoms with Gasteiger partial charge in [-0.3, -0.25) is 19.4 Å². The van der Waals surface area contributed by atoms with Crippen LogP contribution in [0, 0.1) is 0 Å². The normalized spacial score (nSPS) is 16.8. The number of piperazine rings is 1. The van der Waals surface area contributed by atoms with Crippen molar-refractivity contribution in [3.8, 4) is 11.4 Å². The summed E-state index contributed by atoms with van der Waals surface area (Å²) in [4.78, 5) is 31.0. The van der Waals surface area contributed by atoms with Crippen molar-refractivity contribution in [1.29, 1.82) is 0 Å². The molecule has 1 aromatic carbocycles. The van der Waals surface area contributed by atoms with E-state index in [-0.39, 0.29) is 25.0 Å². The maximum absolute atomic E-state index is 11.7. The van der Waals surface area contributed by atoms with Crippen molar-refractivity contribution in [2.24, 2.45) is 0 Å². The van der Waals surface area contributed by atoms with Crippen LogP contribution in [0.2, 0.25) is 0 Å². The third-order valence-electron chi connectivity index (χ3n) is 4.59. The zero-order valence-electron chi connectivity index (χ0n) is 15.2. The van der Waals surface area contributed by atoms with E-state index in [1.165, 1.54) is 0 Å². The fraction of sp³-hybridized carbons (Fsp3) is 0.444. The van der Waals surface area contributed by atoms with Crippen molar-refractivity contribution in [3.63, 3.8) is 0 Å². The van der Waals surface area contributed by atoms with Crippen molar-refractivity contribution in [1.82, 2.24) is 25.3 Å². The van der Waals surface area contributed by atoms with Gasteiger partial charge in [-0.15, -0.1) is 0 Å². The molecule has 2 N–H and O–H groups in total. The Morgan fingerprint density at radius 3 is 2.59 bits per heavy atom. The average Bonchev–Trinajstić information content (AvgIpc) is 3.17. The summed E-state index contributed by atoms with van der Waals surface area (Å²) < 4.78 is 5.44. The van der Waals surface area contributed by atoms with Crippen LogP contribution < -0.4 is 5.32 Å². The molecule has 3 rings (SSSR count). The topological polar surface area (TPSA) is 112 Å². The minimum Gasteiger partial charge on any atom is -0.480 e. The molecule has 2 heterocycles. The molecule has 2 aromatic rings. The smallest absolute Gasteiger partial charge is 0.322 e. The number of benzene rings is 1. The van der Waals surface area contributed by atoms with Crippen LogP contribution in [0.15, 0.2) is 34.9 Å². The van der Waals surface area contributed by atoms with Gasteiger partial charge in [0.25, 0.3) is 0 Å². The van der Waals surface area contributed by atoms with Gasteiger partial charge in [-0.2, -0.15) is 4.98 Å². The summed E-state index contributed by atoms with van der Waals surface area (Å²) in [5.74, 6) is -0.174. The van der Waals surface area contributed by atoms with Crippen molar-refractivity contribution >= 4 is 11.9 Å². The molecule has 9 nitrogen and oxygen atoms in total. The fourth-order valence-corrected chi connectivity index (χ4v) is 3.01. The molecule has 0 spiro atoms. The van der Waals surface area contributed by atoms with Crippen LogP contribution in [0.5, 0.6) is 0 Å². The van der Waals surface area contributed by atoms with Crippen molar-refractivity contribution in [2.75, 3.05) is 39.3 Å². The second-order valence-electron chi connectivity index (χ2n) is 6.48. The molecule has 1 aliphatic heterocycles. The monoisotopic (exact) mass is 373 g/mol. The number of amides is 1. The highest BCUT2D eigenvalue weighted by Crippen LogP contribution is 2.23. The number of nitrogens with one attached hydrogen (secondary N) is 1. The maximum Gasteiger partial charge on any atom is 0.322 e. The molecular weight excluding hydrogens is 350 g/mol. The second kappa shape index (κ2) is 8.74. The highest BCUT2D eigenvalue weighted by atomic mass is 16.5. The number of aromatic nitrogens is 2. The van der Waals surface area contributed by atoms with Crippen LogP contribution in [-0.4, -0.2) is 76.2 Å². The van der Waals surface area contributed by atoms with Gasteiger partial charge in [-0.25, -0.2) is 0 Å². The predicted molar refractivity (Wildman–Crippen MR) is 96.8 cm³/mol. The SMILES string of the molecule is CC(c1nc(-c2ccccc2)no1)N1CCN(CC(=O)NCC(=O)O)CC1. The standard InChI is InChI=1S/C18H23N5O4/c1-13(18-20-17(21-27-18)14-5-3-2-4-6-14)23-9-7-22(8-10-23)12-15(24)19-11-16(25)26/h2-6,13H,7-12H2,1H3,(H,19,24)(H,25,26). The molecule has 1 unspecified atom stereocenters. The second-order valence-corrected chi connectivity index (χ2v) is 6.48.